The lowest BCUT2D eigenvalue weighted by Gasteiger charge is -2.12. The van der Waals surface area contributed by atoms with Crippen LogP contribution in [0, 0.1) is 18.3 Å². The highest BCUT2D eigenvalue weighted by molar-refractivity contribution is 6.07. The van der Waals surface area contributed by atoms with E-state index in [4.69, 9.17) is 10.4 Å². The summed E-state index contributed by atoms with van der Waals surface area (Å²) in [6, 6.07) is 7.64. The second-order valence-corrected chi connectivity index (χ2v) is 4.26. The summed E-state index contributed by atoms with van der Waals surface area (Å²) in [6.07, 6.45) is 2.11. The van der Waals surface area contributed by atoms with Gasteiger partial charge < -0.3 is 15.7 Å². The van der Waals surface area contributed by atoms with Crippen LogP contribution in [-0.4, -0.2) is 24.2 Å². The summed E-state index contributed by atoms with van der Waals surface area (Å²) >= 11 is 0. The first-order chi connectivity index (χ1) is 9.63. The minimum atomic E-state index is -0.457. The van der Waals surface area contributed by atoms with Gasteiger partial charge in [0.15, 0.2) is 0 Å². The molecule has 0 bridgehead atoms. The average Bonchev–Trinajstić information content (AvgIpc) is 2.45. The van der Waals surface area contributed by atoms with Crippen LogP contribution in [0.2, 0.25) is 0 Å². The SMILES string of the molecule is CCc1cccc(C)c1NC(=O)/C(C#N)=C\NCCO. The molecule has 1 rings (SSSR count). The zero-order valence-electron chi connectivity index (χ0n) is 11.7. The Balaban J connectivity index is 2.90. The minimum Gasteiger partial charge on any atom is -0.395 e. The molecule has 0 unspecified atom stereocenters. The van der Waals surface area contributed by atoms with Crippen molar-refractivity contribution in [3.63, 3.8) is 0 Å². The lowest BCUT2D eigenvalue weighted by Crippen LogP contribution is -2.19. The number of aryl methyl sites for hydroxylation is 2. The summed E-state index contributed by atoms with van der Waals surface area (Å²) in [7, 11) is 0. The number of aliphatic hydroxyl groups excluding tert-OH is 1. The van der Waals surface area contributed by atoms with Crippen LogP contribution >= 0.6 is 0 Å². The number of para-hydroxylation sites is 1. The zero-order valence-corrected chi connectivity index (χ0v) is 11.7. The molecule has 0 aliphatic rings. The van der Waals surface area contributed by atoms with Gasteiger partial charge in [-0.3, -0.25) is 4.79 Å². The number of aliphatic hydroxyl groups is 1. The van der Waals surface area contributed by atoms with Gasteiger partial charge in [-0.15, -0.1) is 0 Å². The molecular formula is C15H19N3O2. The van der Waals surface area contributed by atoms with Crippen molar-refractivity contribution >= 4 is 11.6 Å². The van der Waals surface area contributed by atoms with Gasteiger partial charge in [0.25, 0.3) is 5.91 Å². The third kappa shape index (κ3) is 4.11. The normalized spacial score (nSPS) is 10.8. The maximum Gasteiger partial charge on any atom is 0.267 e. The molecule has 20 heavy (non-hydrogen) atoms. The lowest BCUT2D eigenvalue weighted by atomic mass is 10.1. The zero-order chi connectivity index (χ0) is 15.0. The van der Waals surface area contributed by atoms with Gasteiger partial charge in [-0.1, -0.05) is 25.1 Å². The first-order valence-corrected chi connectivity index (χ1v) is 6.48. The van der Waals surface area contributed by atoms with Gasteiger partial charge >= 0.3 is 0 Å². The molecule has 106 valence electrons. The number of nitrogens with zero attached hydrogens (tertiary/aromatic N) is 1. The highest BCUT2D eigenvalue weighted by Crippen LogP contribution is 2.21. The molecule has 0 aliphatic carbocycles. The van der Waals surface area contributed by atoms with Crippen LogP contribution in [0.25, 0.3) is 0 Å². The third-order valence-electron chi connectivity index (χ3n) is 2.85. The van der Waals surface area contributed by atoms with E-state index in [1.165, 1.54) is 6.20 Å². The van der Waals surface area contributed by atoms with Gasteiger partial charge in [-0.25, -0.2) is 0 Å². The number of carbonyl (C=O) groups excluding carboxylic acids is 1. The quantitative estimate of drug-likeness (QED) is 0.416. The average molecular weight is 273 g/mol. The van der Waals surface area contributed by atoms with Crippen molar-refractivity contribution in [1.29, 1.82) is 5.26 Å². The Morgan fingerprint density at radius 1 is 1.50 bits per heavy atom. The summed E-state index contributed by atoms with van der Waals surface area (Å²) < 4.78 is 0. The molecule has 1 aromatic rings. The van der Waals surface area contributed by atoms with Gasteiger partial charge in [-0.05, 0) is 24.5 Å². The van der Waals surface area contributed by atoms with E-state index in [-0.39, 0.29) is 12.2 Å². The Hall–Kier alpha value is -2.32. The summed E-state index contributed by atoms with van der Waals surface area (Å²) in [5, 5.41) is 23.1. The van der Waals surface area contributed by atoms with E-state index in [0.717, 1.165) is 23.2 Å². The molecule has 1 aromatic carbocycles. The maximum absolute atomic E-state index is 12.1. The number of anilines is 1. The number of amides is 1. The second-order valence-electron chi connectivity index (χ2n) is 4.26. The molecule has 0 saturated heterocycles. The van der Waals surface area contributed by atoms with E-state index in [2.05, 4.69) is 10.6 Å². The van der Waals surface area contributed by atoms with Crippen molar-refractivity contribution in [3.8, 4) is 6.07 Å². The molecule has 1 amide bonds. The topological polar surface area (TPSA) is 85.2 Å². The fourth-order valence-electron chi connectivity index (χ4n) is 1.77. The highest BCUT2D eigenvalue weighted by Gasteiger charge is 2.12. The van der Waals surface area contributed by atoms with Crippen molar-refractivity contribution in [2.45, 2.75) is 20.3 Å². The Bertz CT molecular complexity index is 545. The number of benzene rings is 1. The van der Waals surface area contributed by atoms with Crippen molar-refractivity contribution in [2.24, 2.45) is 0 Å². The molecule has 3 N–H and O–H groups in total. The molecule has 0 atom stereocenters. The predicted molar refractivity (Wildman–Crippen MR) is 78.0 cm³/mol. The van der Waals surface area contributed by atoms with E-state index in [1.54, 1.807) is 0 Å². The van der Waals surface area contributed by atoms with E-state index in [1.807, 2.05) is 38.1 Å². The van der Waals surface area contributed by atoms with Crippen LogP contribution in [0.4, 0.5) is 5.69 Å². The second kappa shape index (κ2) is 7.97. The molecular weight excluding hydrogens is 254 g/mol. The molecule has 5 heteroatoms. The lowest BCUT2D eigenvalue weighted by molar-refractivity contribution is -0.112. The summed E-state index contributed by atoms with van der Waals surface area (Å²) in [4.78, 5) is 12.1. The van der Waals surface area contributed by atoms with Crippen LogP contribution in [0.5, 0.6) is 0 Å². The van der Waals surface area contributed by atoms with Crippen molar-refractivity contribution in [3.05, 3.63) is 41.1 Å². The molecule has 0 spiro atoms. The third-order valence-corrected chi connectivity index (χ3v) is 2.85. The molecule has 0 radical (unpaired) electrons. The molecule has 0 saturated carbocycles. The van der Waals surface area contributed by atoms with E-state index in [0.29, 0.717) is 6.54 Å². The molecule has 0 aliphatic heterocycles. The fourth-order valence-corrected chi connectivity index (χ4v) is 1.77. The van der Waals surface area contributed by atoms with Gasteiger partial charge in [0.2, 0.25) is 0 Å². The van der Waals surface area contributed by atoms with Crippen molar-refractivity contribution < 1.29 is 9.90 Å². The van der Waals surface area contributed by atoms with Crippen molar-refractivity contribution in [1.82, 2.24) is 5.32 Å². The Morgan fingerprint density at radius 2 is 2.25 bits per heavy atom. The highest BCUT2D eigenvalue weighted by atomic mass is 16.3. The summed E-state index contributed by atoms with van der Waals surface area (Å²) in [6.45, 7) is 4.15. The number of nitrogens with one attached hydrogen (secondary N) is 2. The van der Waals surface area contributed by atoms with Gasteiger partial charge in [0.1, 0.15) is 11.6 Å². The van der Waals surface area contributed by atoms with Gasteiger partial charge in [0.05, 0.1) is 6.61 Å². The fraction of sp³-hybridized carbons (Fsp3) is 0.333. The first kappa shape index (κ1) is 15.7. The number of hydrogen-bond donors (Lipinski definition) is 3. The Labute approximate surface area is 118 Å². The predicted octanol–water partition coefficient (Wildman–Crippen LogP) is 1.49. The number of hydrogen-bond acceptors (Lipinski definition) is 4. The molecule has 0 aromatic heterocycles. The van der Waals surface area contributed by atoms with E-state index < -0.39 is 5.91 Å². The van der Waals surface area contributed by atoms with Crippen LogP contribution in [0.1, 0.15) is 18.1 Å². The Morgan fingerprint density at radius 3 is 2.85 bits per heavy atom. The van der Waals surface area contributed by atoms with E-state index >= 15 is 0 Å². The smallest absolute Gasteiger partial charge is 0.267 e. The number of rotatable bonds is 6. The molecule has 0 fully saturated rings. The molecule has 5 nitrogen and oxygen atoms in total. The summed E-state index contributed by atoms with van der Waals surface area (Å²) in [5.41, 5.74) is 2.71. The van der Waals surface area contributed by atoms with Crippen LogP contribution in [0.3, 0.4) is 0 Å². The van der Waals surface area contributed by atoms with Crippen LogP contribution in [-0.2, 0) is 11.2 Å². The number of nitriles is 1. The molecule has 0 heterocycles. The largest absolute Gasteiger partial charge is 0.395 e. The van der Waals surface area contributed by atoms with Crippen LogP contribution in [0.15, 0.2) is 30.0 Å². The van der Waals surface area contributed by atoms with Gasteiger partial charge in [-0.2, -0.15) is 5.26 Å². The Kier molecular flexibility index (Phi) is 6.27. The van der Waals surface area contributed by atoms with Crippen molar-refractivity contribution in [2.75, 3.05) is 18.5 Å². The van der Waals surface area contributed by atoms with E-state index in [9.17, 15) is 4.79 Å². The minimum absolute atomic E-state index is 0.0243. The number of carbonyl (C=O) groups is 1. The standard InChI is InChI=1S/C15H19N3O2/c1-3-12-6-4-5-11(2)14(12)18-15(20)13(9-16)10-17-7-8-19/h4-6,10,17,19H,3,7-8H2,1-2H3,(H,18,20)/b13-10-. The van der Waals surface area contributed by atoms with Crippen LogP contribution < -0.4 is 10.6 Å². The van der Waals surface area contributed by atoms with Gasteiger partial charge in [0, 0.05) is 18.4 Å². The maximum atomic E-state index is 12.1. The monoisotopic (exact) mass is 273 g/mol. The summed E-state index contributed by atoms with van der Waals surface area (Å²) in [5.74, 6) is -0.457. The first-order valence-electron chi connectivity index (χ1n) is 6.48.